The Bertz CT molecular complexity index is 518. The van der Waals surface area contributed by atoms with E-state index in [9.17, 15) is 21.9 Å². The van der Waals surface area contributed by atoms with Crippen LogP contribution in [0.25, 0.3) is 0 Å². The summed E-state index contributed by atoms with van der Waals surface area (Å²) in [7, 11) is -6.54. The van der Waals surface area contributed by atoms with Crippen LogP contribution in [0.4, 0.5) is 0 Å². The zero-order valence-corrected chi connectivity index (χ0v) is 13.6. The molecule has 1 saturated carbocycles. The molecule has 3 atom stereocenters. The maximum atomic E-state index is 11.7. The molecule has 114 valence electrons. The van der Waals surface area contributed by atoms with E-state index in [-0.39, 0.29) is 5.92 Å². The SMILES string of the molecule is CC(C)(C(O)C1CCCC(S(C)(=O)=O)C1)S(C)(=O)=O. The van der Waals surface area contributed by atoms with E-state index in [0.29, 0.717) is 25.7 Å². The maximum Gasteiger partial charge on any atom is 0.155 e. The van der Waals surface area contributed by atoms with Crippen LogP contribution in [0.3, 0.4) is 0 Å². The topological polar surface area (TPSA) is 88.5 Å². The van der Waals surface area contributed by atoms with Crippen LogP contribution < -0.4 is 0 Å². The van der Waals surface area contributed by atoms with Crippen molar-refractivity contribution in [2.45, 2.75) is 55.6 Å². The van der Waals surface area contributed by atoms with Gasteiger partial charge >= 0.3 is 0 Å². The molecule has 0 saturated heterocycles. The first-order chi connectivity index (χ1) is 8.37. The summed E-state index contributed by atoms with van der Waals surface area (Å²) in [5.41, 5.74) is 0. The lowest BCUT2D eigenvalue weighted by Gasteiger charge is -2.38. The van der Waals surface area contributed by atoms with Crippen molar-refractivity contribution in [3.63, 3.8) is 0 Å². The lowest BCUT2D eigenvalue weighted by Crippen LogP contribution is -2.49. The Labute approximate surface area is 116 Å². The fourth-order valence-corrected chi connectivity index (χ4v) is 4.47. The second-order valence-electron chi connectivity index (χ2n) is 6.20. The van der Waals surface area contributed by atoms with Crippen LogP contribution in [-0.2, 0) is 19.7 Å². The molecule has 1 N–H and O–H groups in total. The highest BCUT2D eigenvalue weighted by Gasteiger charge is 2.44. The number of sulfone groups is 2. The Balaban J connectivity index is 2.92. The van der Waals surface area contributed by atoms with Crippen LogP contribution in [0.1, 0.15) is 39.5 Å². The molecule has 0 aliphatic heterocycles. The standard InChI is InChI=1S/C12H24O5S2/c1-12(2,19(4,16)17)11(13)9-6-5-7-10(8-9)18(3,14)15/h9-11,13H,5-8H2,1-4H3. The van der Waals surface area contributed by atoms with Gasteiger partial charge in [-0.1, -0.05) is 6.42 Å². The van der Waals surface area contributed by atoms with Crippen molar-refractivity contribution < 1.29 is 21.9 Å². The molecule has 0 amide bonds. The van der Waals surface area contributed by atoms with Crippen molar-refractivity contribution >= 4 is 19.7 Å². The number of aliphatic hydroxyl groups is 1. The quantitative estimate of drug-likeness (QED) is 0.828. The maximum absolute atomic E-state index is 11.7. The molecule has 1 rings (SSSR count). The molecule has 0 aromatic heterocycles. The number of hydrogen-bond donors (Lipinski definition) is 1. The first-order valence-electron chi connectivity index (χ1n) is 6.44. The van der Waals surface area contributed by atoms with Gasteiger partial charge in [0.05, 0.1) is 16.1 Å². The number of rotatable bonds is 4. The van der Waals surface area contributed by atoms with Gasteiger partial charge < -0.3 is 5.11 Å². The lowest BCUT2D eigenvalue weighted by atomic mass is 9.81. The molecule has 3 unspecified atom stereocenters. The summed E-state index contributed by atoms with van der Waals surface area (Å²) in [6.07, 6.45) is 3.60. The third kappa shape index (κ3) is 3.70. The smallest absolute Gasteiger partial charge is 0.155 e. The number of aliphatic hydroxyl groups excluding tert-OH is 1. The van der Waals surface area contributed by atoms with Gasteiger partial charge in [0.2, 0.25) is 0 Å². The molecule has 0 aromatic rings. The van der Waals surface area contributed by atoms with Gasteiger partial charge in [-0.3, -0.25) is 0 Å². The van der Waals surface area contributed by atoms with E-state index < -0.39 is 35.8 Å². The Morgan fingerprint density at radius 2 is 1.63 bits per heavy atom. The van der Waals surface area contributed by atoms with Gasteiger partial charge in [-0.2, -0.15) is 0 Å². The monoisotopic (exact) mass is 312 g/mol. The highest BCUT2D eigenvalue weighted by Crippen LogP contribution is 2.36. The van der Waals surface area contributed by atoms with Crippen molar-refractivity contribution in [3.05, 3.63) is 0 Å². The van der Waals surface area contributed by atoms with Gasteiger partial charge in [0.15, 0.2) is 9.84 Å². The molecule has 1 aliphatic carbocycles. The van der Waals surface area contributed by atoms with Crippen molar-refractivity contribution in [2.24, 2.45) is 5.92 Å². The van der Waals surface area contributed by atoms with Gasteiger partial charge in [0, 0.05) is 12.5 Å². The van der Waals surface area contributed by atoms with E-state index in [1.54, 1.807) is 0 Å². The van der Waals surface area contributed by atoms with Crippen molar-refractivity contribution in [3.8, 4) is 0 Å². The van der Waals surface area contributed by atoms with Gasteiger partial charge in [-0.25, -0.2) is 16.8 Å². The summed E-state index contributed by atoms with van der Waals surface area (Å²) in [6.45, 7) is 2.99. The molecular formula is C12H24O5S2. The summed E-state index contributed by atoms with van der Waals surface area (Å²) in [5, 5.41) is 9.89. The summed E-state index contributed by atoms with van der Waals surface area (Å²) < 4.78 is 45.4. The molecule has 0 radical (unpaired) electrons. The zero-order chi connectivity index (χ0) is 15.1. The highest BCUT2D eigenvalue weighted by atomic mass is 32.2. The van der Waals surface area contributed by atoms with E-state index in [0.717, 1.165) is 6.26 Å². The normalized spacial score (nSPS) is 28.1. The van der Waals surface area contributed by atoms with Crippen molar-refractivity contribution in [1.29, 1.82) is 0 Å². The van der Waals surface area contributed by atoms with E-state index in [1.165, 1.54) is 20.1 Å². The third-order valence-corrected chi connectivity index (χ3v) is 8.18. The molecule has 5 nitrogen and oxygen atoms in total. The zero-order valence-electron chi connectivity index (χ0n) is 12.0. The average molecular weight is 312 g/mol. The highest BCUT2D eigenvalue weighted by molar-refractivity contribution is 7.92. The van der Waals surface area contributed by atoms with Crippen LogP contribution >= 0.6 is 0 Å². The Morgan fingerprint density at radius 3 is 2.05 bits per heavy atom. The molecule has 7 heteroatoms. The second-order valence-corrected chi connectivity index (χ2v) is 11.1. The van der Waals surface area contributed by atoms with Gasteiger partial charge in [0.1, 0.15) is 9.84 Å². The predicted octanol–water partition coefficient (Wildman–Crippen LogP) is 0.774. The third-order valence-electron chi connectivity index (χ3n) is 4.39. The minimum Gasteiger partial charge on any atom is -0.391 e. The molecule has 1 fully saturated rings. The molecule has 0 bridgehead atoms. The lowest BCUT2D eigenvalue weighted by molar-refractivity contribution is 0.0575. The van der Waals surface area contributed by atoms with Crippen LogP contribution in [0.2, 0.25) is 0 Å². The second kappa shape index (κ2) is 5.33. The van der Waals surface area contributed by atoms with E-state index in [2.05, 4.69) is 0 Å². The van der Waals surface area contributed by atoms with E-state index in [1.807, 2.05) is 0 Å². The predicted molar refractivity (Wildman–Crippen MR) is 75.5 cm³/mol. The Morgan fingerprint density at radius 1 is 1.11 bits per heavy atom. The largest absolute Gasteiger partial charge is 0.391 e. The van der Waals surface area contributed by atoms with Crippen LogP contribution in [-0.4, -0.2) is 50.6 Å². The Kier molecular flexibility index (Phi) is 4.75. The molecule has 1 aliphatic rings. The average Bonchev–Trinajstić information content (AvgIpc) is 2.25. The minimum absolute atomic E-state index is 0.279. The van der Waals surface area contributed by atoms with Crippen molar-refractivity contribution in [2.75, 3.05) is 12.5 Å². The molecular weight excluding hydrogens is 288 g/mol. The fraction of sp³-hybridized carbons (Fsp3) is 1.00. The molecule has 0 aromatic carbocycles. The van der Waals surface area contributed by atoms with Crippen molar-refractivity contribution in [1.82, 2.24) is 0 Å². The minimum atomic E-state index is -3.40. The van der Waals surface area contributed by atoms with Crippen LogP contribution in [0.5, 0.6) is 0 Å². The molecule has 0 heterocycles. The molecule has 19 heavy (non-hydrogen) atoms. The molecule has 0 spiro atoms. The summed E-state index contributed by atoms with van der Waals surface area (Å²) >= 11 is 0. The van der Waals surface area contributed by atoms with Crippen LogP contribution in [0, 0.1) is 5.92 Å². The van der Waals surface area contributed by atoms with Gasteiger partial charge in [0.25, 0.3) is 0 Å². The number of hydrogen-bond acceptors (Lipinski definition) is 5. The summed E-state index contributed by atoms with van der Waals surface area (Å²) in [5.74, 6) is -0.279. The van der Waals surface area contributed by atoms with E-state index in [4.69, 9.17) is 0 Å². The first kappa shape index (κ1) is 16.9. The summed E-state index contributed by atoms with van der Waals surface area (Å²) in [4.78, 5) is 0. The van der Waals surface area contributed by atoms with Crippen LogP contribution in [0.15, 0.2) is 0 Å². The van der Waals surface area contributed by atoms with Gasteiger partial charge in [-0.05, 0) is 39.0 Å². The summed E-state index contributed by atoms with van der Waals surface area (Å²) in [6, 6.07) is 0. The Hall–Kier alpha value is -0.140. The van der Waals surface area contributed by atoms with Gasteiger partial charge in [-0.15, -0.1) is 0 Å². The first-order valence-corrected chi connectivity index (χ1v) is 10.3. The van der Waals surface area contributed by atoms with E-state index >= 15 is 0 Å². The fourth-order valence-electron chi connectivity index (χ4n) is 2.64.